The van der Waals surface area contributed by atoms with E-state index in [2.05, 4.69) is 10.4 Å². The van der Waals surface area contributed by atoms with Gasteiger partial charge in [-0.3, -0.25) is 9.69 Å². The third-order valence-electron chi connectivity index (χ3n) is 4.23. The van der Waals surface area contributed by atoms with Crippen LogP contribution in [-0.2, 0) is 4.79 Å². The predicted molar refractivity (Wildman–Crippen MR) is 93.1 cm³/mol. The molecular formula is C18H21N5O2. The van der Waals surface area contributed by atoms with E-state index in [-0.39, 0.29) is 18.6 Å². The number of aromatic nitrogens is 2. The van der Waals surface area contributed by atoms with Crippen LogP contribution in [0.2, 0.25) is 0 Å². The standard InChI is InChI=1S/C18H21N5O2/c1-22(11-16(24)13-7-8-13)12-17(25)21-18-14(9-19)10-20-23(18)15-5-3-2-4-6-15/h2-6,10,13,16,24H,7-8,11-12H2,1H3,(H,21,25). The van der Waals surface area contributed by atoms with Crippen LogP contribution >= 0.6 is 0 Å². The topological polar surface area (TPSA) is 94.2 Å². The first-order valence-corrected chi connectivity index (χ1v) is 8.28. The van der Waals surface area contributed by atoms with Gasteiger partial charge < -0.3 is 10.4 Å². The van der Waals surface area contributed by atoms with Crippen molar-refractivity contribution in [3.63, 3.8) is 0 Å². The molecule has 0 aliphatic heterocycles. The number of hydrogen-bond acceptors (Lipinski definition) is 5. The Labute approximate surface area is 146 Å². The summed E-state index contributed by atoms with van der Waals surface area (Å²) >= 11 is 0. The quantitative estimate of drug-likeness (QED) is 0.795. The average molecular weight is 339 g/mol. The molecule has 130 valence electrons. The fourth-order valence-electron chi connectivity index (χ4n) is 2.75. The van der Waals surface area contributed by atoms with Crippen LogP contribution in [0.1, 0.15) is 18.4 Å². The summed E-state index contributed by atoms with van der Waals surface area (Å²) in [7, 11) is 1.80. The maximum atomic E-state index is 12.4. The SMILES string of the molecule is CN(CC(=O)Nc1c(C#N)cnn1-c1ccccc1)CC(O)C1CC1. The molecule has 0 spiro atoms. The summed E-state index contributed by atoms with van der Waals surface area (Å²) in [6, 6.07) is 11.4. The Morgan fingerprint density at radius 2 is 2.20 bits per heavy atom. The molecule has 2 N–H and O–H groups in total. The molecule has 1 aromatic carbocycles. The molecule has 0 radical (unpaired) electrons. The Balaban J connectivity index is 1.68. The maximum Gasteiger partial charge on any atom is 0.239 e. The Morgan fingerprint density at radius 3 is 2.84 bits per heavy atom. The molecule has 1 unspecified atom stereocenters. The van der Waals surface area contributed by atoms with Crippen molar-refractivity contribution >= 4 is 11.7 Å². The third kappa shape index (κ3) is 4.24. The largest absolute Gasteiger partial charge is 0.392 e. The van der Waals surface area contributed by atoms with Crippen molar-refractivity contribution in [3.8, 4) is 11.8 Å². The van der Waals surface area contributed by atoms with E-state index in [0.717, 1.165) is 18.5 Å². The molecule has 25 heavy (non-hydrogen) atoms. The lowest BCUT2D eigenvalue weighted by atomic mass is 10.2. The van der Waals surface area contributed by atoms with E-state index < -0.39 is 0 Å². The highest BCUT2D eigenvalue weighted by Crippen LogP contribution is 2.32. The number of benzene rings is 1. The van der Waals surface area contributed by atoms with Crippen molar-refractivity contribution in [1.82, 2.24) is 14.7 Å². The second kappa shape index (κ2) is 7.47. The zero-order valence-electron chi connectivity index (χ0n) is 14.1. The molecule has 3 rings (SSSR count). The number of para-hydroxylation sites is 1. The maximum absolute atomic E-state index is 12.4. The minimum atomic E-state index is -0.387. The zero-order chi connectivity index (χ0) is 17.8. The number of rotatable bonds is 7. The summed E-state index contributed by atoms with van der Waals surface area (Å²) < 4.78 is 1.54. The zero-order valence-corrected chi connectivity index (χ0v) is 14.1. The van der Waals surface area contributed by atoms with E-state index in [4.69, 9.17) is 0 Å². The smallest absolute Gasteiger partial charge is 0.239 e. The molecule has 1 atom stereocenters. The molecule has 1 saturated carbocycles. The van der Waals surface area contributed by atoms with Crippen LogP contribution in [0.15, 0.2) is 36.5 Å². The molecule has 1 aliphatic rings. The van der Waals surface area contributed by atoms with Crippen molar-refractivity contribution in [1.29, 1.82) is 5.26 Å². The number of carbonyl (C=O) groups is 1. The van der Waals surface area contributed by atoms with Gasteiger partial charge in [-0.05, 0) is 37.9 Å². The van der Waals surface area contributed by atoms with Crippen LogP contribution in [0.25, 0.3) is 5.69 Å². The molecule has 7 nitrogen and oxygen atoms in total. The molecule has 0 saturated heterocycles. The van der Waals surface area contributed by atoms with Crippen molar-refractivity contribution < 1.29 is 9.90 Å². The second-order valence-corrected chi connectivity index (χ2v) is 6.42. The second-order valence-electron chi connectivity index (χ2n) is 6.42. The molecule has 0 bridgehead atoms. The highest BCUT2D eigenvalue weighted by Gasteiger charge is 2.30. The van der Waals surface area contributed by atoms with Gasteiger partial charge >= 0.3 is 0 Å². The lowest BCUT2D eigenvalue weighted by molar-refractivity contribution is -0.117. The van der Waals surface area contributed by atoms with Gasteiger partial charge in [-0.15, -0.1) is 0 Å². The van der Waals surface area contributed by atoms with E-state index in [9.17, 15) is 15.2 Å². The lowest BCUT2D eigenvalue weighted by Gasteiger charge is -2.20. The number of amides is 1. The van der Waals surface area contributed by atoms with E-state index in [1.807, 2.05) is 36.4 Å². The summed E-state index contributed by atoms with van der Waals surface area (Å²) in [5.41, 5.74) is 1.06. The Kier molecular flexibility index (Phi) is 5.12. The molecule has 2 aromatic rings. The molecule has 1 aliphatic carbocycles. The number of nitrogens with zero attached hydrogens (tertiary/aromatic N) is 4. The lowest BCUT2D eigenvalue weighted by Crippen LogP contribution is -2.36. The number of hydrogen-bond donors (Lipinski definition) is 2. The number of aliphatic hydroxyl groups excluding tert-OH is 1. The molecule has 1 fully saturated rings. The van der Waals surface area contributed by atoms with E-state index in [1.54, 1.807) is 11.9 Å². The number of anilines is 1. The van der Waals surface area contributed by atoms with Gasteiger partial charge in [0.1, 0.15) is 11.6 Å². The van der Waals surface area contributed by atoms with Gasteiger partial charge in [0, 0.05) is 6.54 Å². The Bertz CT molecular complexity index is 777. The minimum Gasteiger partial charge on any atom is -0.392 e. The van der Waals surface area contributed by atoms with Crippen molar-refractivity contribution in [2.45, 2.75) is 18.9 Å². The number of nitrogens with one attached hydrogen (secondary N) is 1. The van der Waals surface area contributed by atoms with Gasteiger partial charge in [-0.1, -0.05) is 18.2 Å². The van der Waals surface area contributed by atoms with Crippen LogP contribution in [0, 0.1) is 17.2 Å². The summed E-state index contributed by atoms with van der Waals surface area (Å²) in [6.07, 6.45) is 3.16. The van der Waals surface area contributed by atoms with Crippen molar-refractivity contribution in [2.75, 3.05) is 25.5 Å². The first-order chi connectivity index (χ1) is 12.1. The highest BCUT2D eigenvalue weighted by molar-refractivity contribution is 5.92. The highest BCUT2D eigenvalue weighted by atomic mass is 16.3. The van der Waals surface area contributed by atoms with Gasteiger partial charge in [0.05, 0.1) is 24.5 Å². The van der Waals surface area contributed by atoms with Crippen LogP contribution < -0.4 is 5.32 Å². The summed E-state index contributed by atoms with van der Waals surface area (Å²) in [5.74, 6) is 0.477. The van der Waals surface area contributed by atoms with Gasteiger partial charge in [-0.25, -0.2) is 4.68 Å². The van der Waals surface area contributed by atoms with Crippen LogP contribution in [0.5, 0.6) is 0 Å². The molecule has 1 amide bonds. The summed E-state index contributed by atoms with van der Waals surface area (Å²) in [5, 5.41) is 26.2. The summed E-state index contributed by atoms with van der Waals surface area (Å²) in [4.78, 5) is 14.1. The monoisotopic (exact) mass is 339 g/mol. The van der Waals surface area contributed by atoms with E-state index in [0.29, 0.717) is 23.8 Å². The van der Waals surface area contributed by atoms with Gasteiger partial charge in [-0.2, -0.15) is 10.4 Å². The van der Waals surface area contributed by atoms with Crippen LogP contribution in [0.3, 0.4) is 0 Å². The number of nitriles is 1. The van der Waals surface area contributed by atoms with Gasteiger partial charge in [0.15, 0.2) is 5.82 Å². The van der Waals surface area contributed by atoms with Gasteiger partial charge in [0.25, 0.3) is 0 Å². The normalized spacial score (nSPS) is 15.0. The average Bonchev–Trinajstić information content (AvgIpc) is 3.37. The van der Waals surface area contributed by atoms with E-state index in [1.165, 1.54) is 10.9 Å². The van der Waals surface area contributed by atoms with Crippen molar-refractivity contribution in [3.05, 3.63) is 42.1 Å². The summed E-state index contributed by atoms with van der Waals surface area (Å²) in [6.45, 7) is 0.593. The van der Waals surface area contributed by atoms with Crippen LogP contribution in [-0.4, -0.2) is 51.9 Å². The first kappa shape index (κ1) is 17.1. The predicted octanol–water partition coefficient (Wildman–Crippen LogP) is 1.39. The Hall–Kier alpha value is -2.69. The fourth-order valence-corrected chi connectivity index (χ4v) is 2.75. The number of carbonyl (C=O) groups excluding carboxylic acids is 1. The fraction of sp³-hybridized carbons (Fsp3) is 0.389. The van der Waals surface area contributed by atoms with E-state index >= 15 is 0 Å². The van der Waals surface area contributed by atoms with Gasteiger partial charge in [0.2, 0.25) is 5.91 Å². The molecule has 1 aromatic heterocycles. The van der Waals surface area contributed by atoms with Crippen molar-refractivity contribution in [2.24, 2.45) is 5.92 Å². The molecular weight excluding hydrogens is 318 g/mol. The Morgan fingerprint density at radius 1 is 1.48 bits per heavy atom. The molecule has 7 heteroatoms. The van der Waals surface area contributed by atoms with Crippen LogP contribution in [0.4, 0.5) is 5.82 Å². The number of likely N-dealkylation sites (N-methyl/N-ethyl adjacent to an activating group) is 1. The first-order valence-electron chi connectivity index (χ1n) is 8.28. The number of aliphatic hydroxyl groups is 1. The minimum absolute atomic E-state index is 0.134. The molecule has 1 heterocycles. The third-order valence-corrected chi connectivity index (χ3v) is 4.23.